The standard InChI is InChI=1S/C19H27ClN2O3/c1-12-7-8-15(10-17(12)20)16(9-14-5-3-4-6-14)18(24)22-19(25)21-11-13(2)23/h7-8,10,13-14,16,23H,3-6,9,11H2,1-2H3,(H2,21,22,24,25). The Morgan fingerprint density at radius 3 is 2.60 bits per heavy atom. The topological polar surface area (TPSA) is 78.4 Å². The van der Waals surface area contributed by atoms with E-state index in [4.69, 9.17) is 11.6 Å². The molecule has 0 spiro atoms. The van der Waals surface area contributed by atoms with Gasteiger partial charge < -0.3 is 10.4 Å². The molecule has 0 aromatic heterocycles. The van der Waals surface area contributed by atoms with Crippen LogP contribution in [0.4, 0.5) is 4.79 Å². The number of aliphatic hydroxyl groups excluding tert-OH is 1. The Hall–Kier alpha value is -1.59. The van der Waals surface area contributed by atoms with Crippen molar-refractivity contribution >= 4 is 23.5 Å². The van der Waals surface area contributed by atoms with E-state index in [1.165, 1.54) is 12.8 Å². The summed E-state index contributed by atoms with van der Waals surface area (Å²) in [7, 11) is 0. The normalized spacial score (nSPS) is 17.1. The molecule has 0 saturated heterocycles. The minimum absolute atomic E-state index is 0.1000. The number of aryl methyl sites for hydroxylation is 1. The maximum atomic E-state index is 12.7. The summed E-state index contributed by atoms with van der Waals surface area (Å²) in [6, 6.07) is 5.05. The van der Waals surface area contributed by atoms with Gasteiger partial charge in [-0.25, -0.2) is 4.79 Å². The molecular weight excluding hydrogens is 340 g/mol. The van der Waals surface area contributed by atoms with Crippen molar-refractivity contribution in [3.8, 4) is 0 Å². The van der Waals surface area contributed by atoms with Crippen molar-refractivity contribution in [1.82, 2.24) is 10.6 Å². The average Bonchev–Trinajstić information content (AvgIpc) is 3.06. The highest BCUT2D eigenvalue weighted by Gasteiger charge is 2.28. The molecular formula is C19H27ClN2O3. The number of benzene rings is 1. The van der Waals surface area contributed by atoms with Crippen LogP contribution in [0.15, 0.2) is 18.2 Å². The lowest BCUT2D eigenvalue weighted by molar-refractivity contribution is -0.121. The second-order valence-corrected chi connectivity index (χ2v) is 7.40. The number of amides is 3. The highest BCUT2D eigenvalue weighted by atomic mass is 35.5. The minimum Gasteiger partial charge on any atom is -0.392 e. The van der Waals surface area contributed by atoms with Crippen molar-refractivity contribution in [2.45, 2.75) is 58.0 Å². The third-order valence-electron chi connectivity index (χ3n) is 4.75. The molecule has 0 aliphatic heterocycles. The van der Waals surface area contributed by atoms with Crippen LogP contribution in [0.2, 0.25) is 5.02 Å². The first-order chi connectivity index (χ1) is 11.9. The van der Waals surface area contributed by atoms with E-state index in [1.54, 1.807) is 6.92 Å². The first-order valence-electron chi connectivity index (χ1n) is 8.89. The van der Waals surface area contributed by atoms with Gasteiger partial charge >= 0.3 is 6.03 Å². The van der Waals surface area contributed by atoms with Gasteiger partial charge in [0.15, 0.2) is 0 Å². The van der Waals surface area contributed by atoms with Crippen LogP contribution in [0.5, 0.6) is 0 Å². The maximum Gasteiger partial charge on any atom is 0.321 e. The van der Waals surface area contributed by atoms with E-state index in [2.05, 4.69) is 10.6 Å². The van der Waals surface area contributed by atoms with Gasteiger partial charge in [0, 0.05) is 11.6 Å². The lowest BCUT2D eigenvalue weighted by Gasteiger charge is -2.21. The van der Waals surface area contributed by atoms with Gasteiger partial charge in [0.2, 0.25) is 5.91 Å². The van der Waals surface area contributed by atoms with E-state index >= 15 is 0 Å². The summed E-state index contributed by atoms with van der Waals surface area (Å²) in [5.74, 6) is -0.232. The summed E-state index contributed by atoms with van der Waals surface area (Å²) in [6.07, 6.45) is 4.70. The predicted molar refractivity (Wildman–Crippen MR) is 98.7 cm³/mol. The van der Waals surface area contributed by atoms with Gasteiger partial charge in [-0.05, 0) is 43.4 Å². The Balaban J connectivity index is 2.10. The SMILES string of the molecule is Cc1ccc(C(CC2CCCC2)C(=O)NC(=O)NCC(C)O)cc1Cl. The summed E-state index contributed by atoms with van der Waals surface area (Å²) in [4.78, 5) is 24.6. The van der Waals surface area contributed by atoms with E-state index in [0.717, 1.165) is 30.4 Å². The Labute approximate surface area is 154 Å². The van der Waals surface area contributed by atoms with E-state index < -0.39 is 18.1 Å². The summed E-state index contributed by atoms with van der Waals surface area (Å²) in [6.45, 7) is 3.59. The molecule has 1 aliphatic rings. The number of nitrogens with one attached hydrogen (secondary N) is 2. The van der Waals surface area contributed by atoms with Gasteiger partial charge in [0.25, 0.3) is 0 Å². The number of carbonyl (C=O) groups excluding carboxylic acids is 2. The van der Waals surface area contributed by atoms with Crippen LogP contribution in [-0.4, -0.2) is 29.7 Å². The molecule has 0 heterocycles. The molecule has 5 nitrogen and oxygen atoms in total. The van der Waals surface area contributed by atoms with Crippen LogP contribution in [0.3, 0.4) is 0 Å². The summed E-state index contributed by atoms with van der Waals surface area (Å²) in [5.41, 5.74) is 1.79. The van der Waals surface area contributed by atoms with Crippen molar-refractivity contribution in [3.05, 3.63) is 34.3 Å². The number of imide groups is 1. The molecule has 1 saturated carbocycles. The third-order valence-corrected chi connectivity index (χ3v) is 5.16. The van der Waals surface area contributed by atoms with Gasteiger partial charge in [-0.2, -0.15) is 0 Å². The second kappa shape index (κ2) is 9.20. The van der Waals surface area contributed by atoms with E-state index in [1.807, 2.05) is 25.1 Å². The van der Waals surface area contributed by atoms with Crippen LogP contribution in [-0.2, 0) is 4.79 Å². The molecule has 6 heteroatoms. The van der Waals surface area contributed by atoms with Crippen molar-refractivity contribution in [2.24, 2.45) is 5.92 Å². The molecule has 0 radical (unpaired) electrons. The zero-order chi connectivity index (χ0) is 18.4. The van der Waals surface area contributed by atoms with Crippen LogP contribution < -0.4 is 10.6 Å². The second-order valence-electron chi connectivity index (χ2n) is 7.00. The van der Waals surface area contributed by atoms with Gasteiger partial charge in [0.05, 0.1) is 12.0 Å². The molecule has 2 atom stereocenters. The van der Waals surface area contributed by atoms with Gasteiger partial charge in [-0.15, -0.1) is 0 Å². The van der Waals surface area contributed by atoms with Crippen molar-refractivity contribution in [3.63, 3.8) is 0 Å². The molecule has 0 bridgehead atoms. The minimum atomic E-state index is -0.661. The lowest BCUT2D eigenvalue weighted by atomic mass is 9.87. The summed E-state index contributed by atoms with van der Waals surface area (Å²) >= 11 is 6.23. The van der Waals surface area contributed by atoms with E-state index in [0.29, 0.717) is 10.9 Å². The first kappa shape index (κ1) is 19.7. The van der Waals surface area contributed by atoms with Crippen LogP contribution in [0.1, 0.15) is 56.1 Å². The first-order valence-corrected chi connectivity index (χ1v) is 9.27. The predicted octanol–water partition coefficient (Wildman–Crippen LogP) is 3.52. The molecule has 1 aliphatic carbocycles. The van der Waals surface area contributed by atoms with E-state index in [-0.39, 0.29) is 12.5 Å². The quantitative estimate of drug-likeness (QED) is 0.720. The summed E-state index contributed by atoms with van der Waals surface area (Å²) in [5, 5.41) is 14.7. The fourth-order valence-corrected chi connectivity index (χ4v) is 3.47. The number of carbonyl (C=O) groups is 2. The molecule has 1 aromatic carbocycles. The van der Waals surface area contributed by atoms with Crippen molar-refractivity contribution < 1.29 is 14.7 Å². The Bertz CT molecular complexity index is 613. The number of hydrogen-bond donors (Lipinski definition) is 3. The monoisotopic (exact) mass is 366 g/mol. The molecule has 3 N–H and O–H groups in total. The maximum absolute atomic E-state index is 12.7. The zero-order valence-corrected chi connectivity index (χ0v) is 15.6. The number of urea groups is 1. The Morgan fingerprint density at radius 1 is 1.32 bits per heavy atom. The third kappa shape index (κ3) is 6.01. The van der Waals surface area contributed by atoms with Gasteiger partial charge in [-0.3, -0.25) is 10.1 Å². The molecule has 1 fully saturated rings. The average molecular weight is 367 g/mol. The Kier molecular flexibility index (Phi) is 7.26. The largest absolute Gasteiger partial charge is 0.392 e. The lowest BCUT2D eigenvalue weighted by Crippen LogP contribution is -2.44. The van der Waals surface area contributed by atoms with E-state index in [9.17, 15) is 14.7 Å². The van der Waals surface area contributed by atoms with Gasteiger partial charge in [0.1, 0.15) is 0 Å². The highest BCUT2D eigenvalue weighted by Crippen LogP contribution is 2.35. The van der Waals surface area contributed by atoms with Crippen LogP contribution in [0, 0.1) is 12.8 Å². The highest BCUT2D eigenvalue weighted by molar-refractivity contribution is 6.31. The fraction of sp³-hybridized carbons (Fsp3) is 0.579. The molecule has 3 amide bonds. The Morgan fingerprint density at radius 2 is 2.00 bits per heavy atom. The molecule has 138 valence electrons. The number of rotatable bonds is 6. The van der Waals surface area contributed by atoms with Crippen molar-refractivity contribution in [2.75, 3.05) is 6.54 Å². The van der Waals surface area contributed by atoms with Crippen LogP contribution in [0.25, 0.3) is 0 Å². The molecule has 2 rings (SSSR count). The fourth-order valence-electron chi connectivity index (χ4n) is 3.28. The van der Waals surface area contributed by atoms with Crippen molar-refractivity contribution in [1.29, 1.82) is 0 Å². The summed E-state index contributed by atoms with van der Waals surface area (Å²) < 4.78 is 0. The number of aliphatic hydroxyl groups is 1. The molecule has 2 unspecified atom stereocenters. The number of halogens is 1. The smallest absolute Gasteiger partial charge is 0.321 e. The molecule has 1 aromatic rings. The number of hydrogen-bond acceptors (Lipinski definition) is 3. The van der Waals surface area contributed by atoms with Crippen LogP contribution >= 0.6 is 11.6 Å². The molecule has 25 heavy (non-hydrogen) atoms. The van der Waals surface area contributed by atoms with Gasteiger partial charge in [-0.1, -0.05) is 49.4 Å². The zero-order valence-electron chi connectivity index (χ0n) is 14.8.